The van der Waals surface area contributed by atoms with Crippen LogP contribution in [0.15, 0.2) is 24.3 Å². The van der Waals surface area contributed by atoms with Gasteiger partial charge in [-0.05, 0) is 36.5 Å². The molecule has 0 aliphatic rings. The van der Waals surface area contributed by atoms with Gasteiger partial charge in [0.15, 0.2) is 0 Å². The third-order valence-electron chi connectivity index (χ3n) is 3.37. The van der Waals surface area contributed by atoms with Gasteiger partial charge in [-0.1, -0.05) is 38.8 Å². The highest BCUT2D eigenvalue weighted by Crippen LogP contribution is 2.16. The minimum atomic E-state index is -0.267. The predicted octanol–water partition coefficient (Wildman–Crippen LogP) is 3.84. The maximum atomic E-state index is 11.3. The second kappa shape index (κ2) is 7.10. The number of hydrogen-bond donors (Lipinski definition) is 0. The van der Waals surface area contributed by atoms with E-state index in [1.807, 2.05) is 24.3 Å². The first-order valence-corrected chi connectivity index (χ1v) is 6.38. The molecular weight excluding hydrogens is 212 g/mol. The average Bonchev–Trinajstić information content (AvgIpc) is 2.39. The van der Waals surface area contributed by atoms with Crippen LogP contribution in [0.1, 0.15) is 49.0 Å². The SMILES string of the molecule is CCC(CC)CCc1ccc(C(=O)OC)cc1. The Bertz CT molecular complexity index is 336. The third-order valence-corrected chi connectivity index (χ3v) is 3.37. The lowest BCUT2D eigenvalue weighted by molar-refractivity contribution is 0.0600. The highest BCUT2D eigenvalue weighted by molar-refractivity contribution is 5.89. The van der Waals surface area contributed by atoms with Crippen LogP contribution in [-0.4, -0.2) is 13.1 Å². The van der Waals surface area contributed by atoms with Crippen molar-refractivity contribution in [1.82, 2.24) is 0 Å². The van der Waals surface area contributed by atoms with E-state index in [4.69, 9.17) is 0 Å². The van der Waals surface area contributed by atoms with Crippen molar-refractivity contribution in [1.29, 1.82) is 0 Å². The highest BCUT2D eigenvalue weighted by atomic mass is 16.5. The van der Waals surface area contributed by atoms with Crippen molar-refractivity contribution < 1.29 is 9.53 Å². The van der Waals surface area contributed by atoms with Crippen molar-refractivity contribution in [2.75, 3.05) is 7.11 Å². The Morgan fingerprint density at radius 3 is 2.24 bits per heavy atom. The van der Waals surface area contributed by atoms with Crippen LogP contribution in [0, 0.1) is 5.92 Å². The van der Waals surface area contributed by atoms with E-state index in [0.717, 1.165) is 12.3 Å². The van der Waals surface area contributed by atoms with E-state index >= 15 is 0 Å². The second-order valence-electron chi connectivity index (χ2n) is 4.41. The van der Waals surface area contributed by atoms with E-state index in [9.17, 15) is 4.79 Å². The molecule has 0 aliphatic heterocycles. The van der Waals surface area contributed by atoms with E-state index < -0.39 is 0 Å². The number of benzene rings is 1. The molecule has 0 bridgehead atoms. The van der Waals surface area contributed by atoms with Crippen molar-refractivity contribution in [3.8, 4) is 0 Å². The molecule has 0 saturated carbocycles. The molecule has 0 saturated heterocycles. The largest absolute Gasteiger partial charge is 0.465 e. The summed E-state index contributed by atoms with van der Waals surface area (Å²) in [4.78, 5) is 11.3. The number of ether oxygens (including phenoxy) is 1. The van der Waals surface area contributed by atoms with Crippen LogP contribution in [0.5, 0.6) is 0 Å². The van der Waals surface area contributed by atoms with Gasteiger partial charge in [0.25, 0.3) is 0 Å². The summed E-state index contributed by atoms with van der Waals surface area (Å²) in [7, 11) is 1.41. The summed E-state index contributed by atoms with van der Waals surface area (Å²) in [5.41, 5.74) is 1.92. The van der Waals surface area contributed by atoms with Gasteiger partial charge < -0.3 is 4.74 Å². The number of carbonyl (C=O) groups excluding carboxylic acids is 1. The standard InChI is InChI=1S/C15H22O2/c1-4-12(5-2)6-7-13-8-10-14(11-9-13)15(16)17-3/h8-12H,4-7H2,1-3H3. The van der Waals surface area contributed by atoms with Crippen LogP contribution in [-0.2, 0) is 11.2 Å². The fraction of sp³-hybridized carbons (Fsp3) is 0.533. The van der Waals surface area contributed by atoms with Gasteiger partial charge >= 0.3 is 5.97 Å². The average molecular weight is 234 g/mol. The van der Waals surface area contributed by atoms with Gasteiger partial charge in [0.05, 0.1) is 12.7 Å². The third kappa shape index (κ3) is 4.22. The molecule has 94 valence electrons. The van der Waals surface area contributed by atoms with E-state index in [1.165, 1.54) is 31.9 Å². The normalized spacial score (nSPS) is 10.6. The van der Waals surface area contributed by atoms with E-state index in [2.05, 4.69) is 18.6 Å². The van der Waals surface area contributed by atoms with Crippen LogP contribution in [0.25, 0.3) is 0 Å². The Morgan fingerprint density at radius 2 is 1.76 bits per heavy atom. The van der Waals surface area contributed by atoms with Gasteiger partial charge in [0.1, 0.15) is 0 Å². The number of methoxy groups -OCH3 is 1. The summed E-state index contributed by atoms with van der Waals surface area (Å²) in [6.07, 6.45) is 4.81. The first-order chi connectivity index (χ1) is 8.21. The zero-order valence-electron chi connectivity index (χ0n) is 11.0. The molecule has 1 aromatic carbocycles. The maximum Gasteiger partial charge on any atom is 0.337 e. The Balaban J connectivity index is 2.53. The monoisotopic (exact) mass is 234 g/mol. The molecule has 0 aromatic heterocycles. The first kappa shape index (κ1) is 13.8. The lowest BCUT2D eigenvalue weighted by Crippen LogP contribution is -2.02. The van der Waals surface area contributed by atoms with Crippen LogP contribution in [0.4, 0.5) is 0 Å². The minimum Gasteiger partial charge on any atom is -0.465 e. The number of carbonyl (C=O) groups is 1. The minimum absolute atomic E-state index is 0.267. The smallest absolute Gasteiger partial charge is 0.337 e. The summed E-state index contributed by atoms with van der Waals surface area (Å²) in [5, 5.41) is 0. The fourth-order valence-corrected chi connectivity index (χ4v) is 1.99. The van der Waals surface area contributed by atoms with Crippen LogP contribution in [0.2, 0.25) is 0 Å². The van der Waals surface area contributed by atoms with E-state index in [1.54, 1.807) is 0 Å². The van der Waals surface area contributed by atoms with Crippen LogP contribution >= 0.6 is 0 Å². The molecule has 0 spiro atoms. The van der Waals surface area contributed by atoms with Crippen molar-refractivity contribution in [2.24, 2.45) is 5.92 Å². The molecule has 2 nitrogen and oxygen atoms in total. The molecule has 0 aliphatic carbocycles. The van der Waals surface area contributed by atoms with Gasteiger partial charge in [-0.2, -0.15) is 0 Å². The number of esters is 1. The number of rotatable bonds is 6. The van der Waals surface area contributed by atoms with Crippen molar-refractivity contribution in [3.63, 3.8) is 0 Å². The quantitative estimate of drug-likeness (QED) is 0.699. The highest BCUT2D eigenvalue weighted by Gasteiger charge is 2.06. The number of aryl methyl sites for hydroxylation is 1. The zero-order valence-corrected chi connectivity index (χ0v) is 11.0. The van der Waals surface area contributed by atoms with E-state index in [-0.39, 0.29) is 5.97 Å². The summed E-state index contributed by atoms with van der Waals surface area (Å²) in [6, 6.07) is 7.73. The van der Waals surface area contributed by atoms with Gasteiger partial charge in [-0.25, -0.2) is 4.79 Å². The van der Waals surface area contributed by atoms with Gasteiger partial charge in [-0.3, -0.25) is 0 Å². The zero-order chi connectivity index (χ0) is 12.7. The van der Waals surface area contributed by atoms with Crippen molar-refractivity contribution >= 4 is 5.97 Å². The molecule has 0 atom stereocenters. The fourth-order valence-electron chi connectivity index (χ4n) is 1.99. The topological polar surface area (TPSA) is 26.3 Å². The Morgan fingerprint density at radius 1 is 1.18 bits per heavy atom. The van der Waals surface area contributed by atoms with Crippen LogP contribution in [0.3, 0.4) is 0 Å². The summed E-state index contributed by atoms with van der Waals surface area (Å²) >= 11 is 0. The molecule has 1 aromatic rings. The van der Waals surface area contributed by atoms with Gasteiger partial charge in [0, 0.05) is 0 Å². The Labute approximate surface area is 104 Å². The molecule has 0 amide bonds. The maximum absolute atomic E-state index is 11.3. The van der Waals surface area contributed by atoms with Crippen molar-refractivity contribution in [2.45, 2.75) is 39.5 Å². The van der Waals surface area contributed by atoms with Crippen molar-refractivity contribution in [3.05, 3.63) is 35.4 Å². The molecular formula is C15H22O2. The Kier molecular flexibility index (Phi) is 5.75. The van der Waals surface area contributed by atoms with Gasteiger partial charge in [-0.15, -0.1) is 0 Å². The molecule has 0 fully saturated rings. The van der Waals surface area contributed by atoms with E-state index in [0.29, 0.717) is 5.56 Å². The molecule has 17 heavy (non-hydrogen) atoms. The lowest BCUT2D eigenvalue weighted by atomic mass is 9.95. The van der Waals surface area contributed by atoms with Gasteiger partial charge in [0.2, 0.25) is 0 Å². The lowest BCUT2D eigenvalue weighted by Gasteiger charge is -2.11. The molecule has 0 heterocycles. The number of hydrogen-bond acceptors (Lipinski definition) is 2. The first-order valence-electron chi connectivity index (χ1n) is 6.38. The molecule has 0 unspecified atom stereocenters. The molecule has 0 N–H and O–H groups in total. The summed E-state index contributed by atoms with van der Waals surface area (Å²) in [6.45, 7) is 4.49. The Hall–Kier alpha value is -1.31. The molecule has 1 rings (SSSR count). The summed E-state index contributed by atoms with van der Waals surface area (Å²) in [5.74, 6) is 0.548. The van der Waals surface area contributed by atoms with Crippen LogP contribution < -0.4 is 0 Å². The molecule has 0 radical (unpaired) electrons. The predicted molar refractivity (Wildman–Crippen MR) is 70.2 cm³/mol. The summed E-state index contributed by atoms with van der Waals surface area (Å²) < 4.78 is 4.67. The second-order valence-corrected chi connectivity index (χ2v) is 4.41. The molecule has 2 heteroatoms.